The van der Waals surface area contributed by atoms with E-state index in [0.717, 1.165) is 44.2 Å². The molecule has 28 heavy (non-hydrogen) atoms. The molecule has 0 amide bonds. The number of hydrogen-bond acceptors (Lipinski definition) is 5. The first kappa shape index (κ1) is 20.6. The highest BCUT2D eigenvalue weighted by Gasteiger charge is 2.25. The van der Waals surface area contributed by atoms with Crippen molar-refractivity contribution in [3.63, 3.8) is 0 Å². The predicted octanol–water partition coefficient (Wildman–Crippen LogP) is 3.98. The molecule has 5 heteroatoms. The molecule has 1 aromatic carbocycles. The van der Waals surface area contributed by atoms with Crippen molar-refractivity contribution in [1.29, 1.82) is 0 Å². The Bertz CT molecular complexity index is 723. The highest BCUT2D eigenvalue weighted by atomic mass is 16.5. The monoisotopic (exact) mass is 383 g/mol. The largest absolute Gasteiger partial charge is 0.493 e. The molecule has 0 aliphatic carbocycles. The van der Waals surface area contributed by atoms with E-state index in [1.807, 2.05) is 25.4 Å². The van der Waals surface area contributed by atoms with Crippen LogP contribution in [0.25, 0.3) is 0 Å². The van der Waals surface area contributed by atoms with E-state index >= 15 is 0 Å². The molecule has 1 atom stereocenters. The van der Waals surface area contributed by atoms with Crippen molar-refractivity contribution in [3.8, 4) is 11.5 Å². The third kappa shape index (κ3) is 5.46. The molecule has 5 nitrogen and oxygen atoms in total. The lowest BCUT2D eigenvalue weighted by Gasteiger charge is -2.39. The summed E-state index contributed by atoms with van der Waals surface area (Å²) in [4.78, 5) is 9.31. The molecule has 0 spiro atoms. The number of aromatic nitrogens is 1. The number of likely N-dealkylation sites (N-methyl/N-ethyl adjacent to an activating group) is 1. The van der Waals surface area contributed by atoms with Gasteiger partial charge in [-0.3, -0.25) is 14.8 Å². The molecule has 3 rings (SSSR count). The van der Waals surface area contributed by atoms with Crippen molar-refractivity contribution >= 4 is 0 Å². The van der Waals surface area contributed by atoms with Crippen molar-refractivity contribution in [2.24, 2.45) is 0 Å². The van der Waals surface area contributed by atoms with Gasteiger partial charge in [-0.2, -0.15) is 0 Å². The van der Waals surface area contributed by atoms with Crippen LogP contribution in [-0.2, 0) is 13.1 Å². The van der Waals surface area contributed by atoms with Gasteiger partial charge in [0.1, 0.15) is 0 Å². The van der Waals surface area contributed by atoms with Gasteiger partial charge in [-0.25, -0.2) is 0 Å². The fourth-order valence-corrected chi connectivity index (χ4v) is 4.04. The highest BCUT2D eigenvalue weighted by molar-refractivity contribution is 5.43. The quantitative estimate of drug-likeness (QED) is 0.655. The fourth-order valence-electron chi connectivity index (χ4n) is 4.04. The standard InChI is InChI=1S/C23H33N3O2/c1-4-26(17-19-10-12-24-13-11-19)21-7-6-14-25(18-21)16-20-8-9-22(27-3)23(15-20)28-5-2/h8-13,15,21H,4-7,14,16-18H2,1-3H3/t21-/m0/s1. The Balaban J connectivity index is 1.63. The molecule has 1 aromatic heterocycles. The molecule has 1 aliphatic rings. The van der Waals surface area contributed by atoms with Crippen molar-refractivity contribution in [2.75, 3.05) is 33.4 Å². The van der Waals surface area contributed by atoms with E-state index in [2.05, 4.69) is 46.0 Å². The molecule has 2 aromatic rings. The van der Waals surface area contributed by atoms with E-state index < -0.39 is 0 Å². The first-order valence-corrected chi connectivity index (χ1v) is 10.4. The normalized spacial score (nSPS) is 17.6. The molecule has 2 heterocycles. The van der Waals surface area contributed by atoms with Crippen LogP contribution in [0.4, 0.5) is 0 Å². The minimum absolute atomic E-state index is 0.594. The Morgan fingerprint density at radius 3 is 2.64 bits per heavy atom. The van der Waals surface area contributed by atoms with Gasteiger partial charge < -0.3 is 9.47 Å². The molecule has 152 valence electrons. The molecular weight excluding hydrogens is 350 g/mol. The Morgan fingerprint density at radius 2 is 1.93 bits per heavy atom. The van der Waals surface area contributed by atoms with Crippen LogP contribution in [0.5, 0.6) is 11.5 Å². The summed E-state index contributed by atoms with van der Waals surface area (Å²) in [5, 5.41) is 0. The Kier molecular flexibility index (Phi) is 7.69. The van der Waals surface area contributed by atoms with Crippen LogP contribution in [0.15, 0.2) is 42.7 Å². The summed E-state index contributed by atoms with van der Waals surface area (Å²) < 4.78 is 11.2. The number of rotatable bonds is 9. The topological polar surface area (TPSA) is 37.8 Å². The van der Waals surface area contributed by atoms with Gasteiger partial charge in [0.15, 0.2) is 11.5 Å². The van der Waals surface area contributed by atoms with Crippen molar-refractivity contribution in [3.05, 3.63) is 53.9 Å². The van der Waals surface area contributed by atoms with Crippen molar-refractivity contribution in [2.45, 2.75) is 45.8 Å². The summed E-state index contributed by atoms with van der Waals surface area (Å²) in [7, 11) is 1.69. The molecule has 1 fully saturated rings. The number of hydrogen-bond donors (Lipinski definition) is 0. The number of benzene rings is 1. The summed E-state index contributed by atoms with van der Waals surface area (Å²) >= 11 is 0. The Hall–Kier alpha value is -2.11. The zero-order chi connectivity index (χ0) is 19.8. The van der Waals surface area contributed by atoms with Crippen LogP contribution in [0, 0.1) is 0 Å². The van der Waals surface area contributed by atoms with Crippen molar-refractivity contribution in [1.82, 2.24) is 14.8 Å². The number of nitrogens with zero attached hydrogens (tertiary/aromatic N) is 3. The lowest BCUT2D eigenvalue weighted by Crippen LogP contribution is -2.47. The van der Waals surface area contributed by atoms with Crippen LogP contribution in [-0.4, -0.2) is 54.2 Å². The van der Waals surface area contributed by atoms with Gasteiger partial charge in [0.25, 0.3) is 0 Å². The predicted molar refractivity (Wildman–Crippen MR) is 113 cm³/mol. The van der Waals surface area contributed by atoms with E-state index in [0.29, 0.717) is 12.6 Å². The van der Waals surface area contributed by atoms with Crippen LogP contribution in [0.3, 0.4) is 0 Å². The zero-order valence-electron chi connectivity index (χ0n) is 17.4. The molecule has 1 aliphatic heterocycles. The maximum Gasteiger partial charge on any atom is 0.161 e. The lowest BCUT2D eigenvalue weighted by atomic mass is 10.0. The molecule has 0 radical (unpaired) electrons. The Morgan fingerprint density at radius 1 is 1.11 bits per heavy atom. The van der Waals surface area contributed by atoms with Crippen molar-refractivity contribution < 1.29 is 9.47 Å². The zero-order valence-corrected chi connectivity index (χ0v) is 17.4. The second kappa shape index (κ2) is 10.4. The van der Waals surface area contributed by atoms with E-state index in [1.54, 1.807) is 7.11 Å². The van der Waals surface area contributed by atoms with Crippen LogP contribution < -0.4 is 9.47 Å². The van der Waals surface area contributed by atoms with E-state index in [4.69, 9.17) is 9.47 Å². The minimum atomic E-state index is 0.594. The maximum atomic E-state index is 5.74. The van der Waals surface area contributed by atoms with Gasteiger partial charge in [0.2, 0.25) is 0 Å². The van der Waals surface area contributed by atoms with Crippen LogP contribution in [0.1, 0.15) is 37.8 Å². The molecule has 0 N–H and O–H groups in total. The molecule has 0 bridgehead atoms. The van der Waals surface area contributed by atoms with Gasteiger partial charge in [-0.15, -0.1) is 0 Å². The molecule has 0 unspecified atom stereocenters. The maximum absolute atomic E-state index is 5.74. The second-order valence-electron chi connectivity index (χ2n) is 7.37. The fraction of sp³-hybridized carbons (Fsp3) is 0.522. The number of piperidine rings is 1. The highest BCUT2D eigenvalue weighted by Crippen LogP contribution is 2.29. The van der Waals surface area contributed by atoms with Gasteiger partial charge in [-0.05, 0) is 68.2 Å². The molecule has 0 saturated carbocycles. The number of ether oxygens (including phenoxy) is 2. The number of likely N-dealkylation sites (tertiary alicyclic amines) is 1. The SMILES string of the molecule is CCOc1cc(CN2CCC[C@H](N(CC)Cc3ccncc3)C2)ccc1OC. The smallest absolute Gasteiger partial charge is 0.161 e. The second-order valence-corrected chi connectivity index (χ2v) is 7.37. The first-order valence-electron chi connectivity index (χ1n) is 10.4. The van der Waals surface area contributed by atoms with E-state index in [9.17, 15) is 0 Å². The third-order valence-electron chi connectivity index (χ3n) is 5.47. The van der Waals surface area contributed by atoms with Gasteiger partial charge in [0, 0.05) is 38.1 Å². The molecule has 1 saturated heterocycles. The van der Waals surface area contributed by atoms with Crippen LogP contribution in [0.2, 0.25) is 0 Å². The van der Waals surface area contributed by atoms with Gasteiger partial charge >= 0.3 is 0 Å². The van der Waals surface area contributed by atoms with Crippen LogP contribution >= 0.6 is 0 Å². The Labute approximate surface area is 169 Å². The van der Waals surface area contributed by atoms with E-state index in [1.165, 1.54) is 24.0 Å². The summed E-state index contributed by atoms with van der Waals surface area (Å²) in [6, 6.07) is 11.1. The average molecular weight is 384 g/mol. The minimum Gasteiger partial charge on any atom is -0.493 e. The van der Waals surface area contributed by atoms with E-state index in [-0.39, 0.29) is 0 Å². The lowest BCUT2D eigenvalue weighted by molar-refractivity contribution is 0.0917. The van der Waals surface area contributed by atoms with Gasteiger partial charge in [0.05, 0.1) is 13.7 Å². The summed E-state index contributed by atoms with van der Waals surface area (Å²) in [6.45, 7) is 10.2. The first-order chi connectivity index (χ1) is 13.7. The summed E-state index contributed by atoms with van der Waals surface area (Å²) in [6.07, 6.45) is 6.28. The summed E-state index contributed by atoms with van der Waals surface area (Å²) in [5.41, 5.74) is 2.62. The average Bonchev–Trinajstić information content (AvgIpc) is 2.73. The molecular formula is C23H33N3O2. The van der Waals surface area contributed by atoms with Gasteiger partial charge in [-0.1, -0.05) is 13.0 Å². The summed E-state index contributed by atoms with van der Waals surface area (Å²) in [5.74, 6) is 1.64. The number of pyridine rings is 1. The third-order valence-corrected chi connectivity index (χ3v) is 5.47. The number of methoxy groups -OCH3 is 1.